The quantitative estimate of drug-likeness (QED) is 0.667. The van der Waals surface area contributed by atoms with Gasteiger partial charge in [-0.05, 0) is 70.1 Å². The van der Waals surface area contributed by atoms with E-state index >= 15 is 0 Å². The van der Waals surface area contributed by atoms with Crippen LogP contribution in [0.5, 0.6) is 0 Å². The molecule has 0 aliphatic heterocycles. The molecule has 1 fully saturated rings. The van der Waals surface area contributed by atoms with E-state index in [1.165, 1.54) is 32.1 Å². The van der Waals surface area contributed by atoms with Gasteiger partial charge in [0.1, 0.15) is 0 Å². The topological polar surface area (TPSA) is 20.2 Å². The summed E-state index contributed by atoms with van der Waals surface area (Å²) in [5.41, 5.74) is 1.52. The van der Waals surface area contributed by atoms with Crippen molar-refractivity contribution in [1.82, 2.24) is 0 Å². The van der Waals surface area contributed by atoms with Gasteiger partial charge in [-0.1, -0.05) is 18.6 Å². The highest BCUT2D eigenvalue weighted by atomic mass is 16.3. The van der Waals surface area contributed by atoms with E-state index in [4.69, 9.17) is 0 Å². The van der Waals surface area contributed by atoms with Crippen molar-refractivity contribution >= 4 is 0 Å². The molecule has 1 heteroatoms. The average Bonchev–Trinajstić information content (AvgIpc) is 2.60. The summed E-state index contributed by atoms with van der Waals surface area (Å²) in [6.07, 6.45) is 8.69. The zero-order valence-electron chi connectivity index (χ0n) is 11.2. The van der Waals surface area contributed by atoms with E-state index < -0.39 is 5.60 Å². The molecule has 2 aliphatic carbocycles. The summed E-state index contributed by atoms with van der Waals surface area (Å²) >= 11 is 0. The second kappa shape index (κ2) is 3.87. The van der Waals surface area contributed by atoms with Crippen LogP contribution in [-0.2, 0) is 0 Å². The summed E-state index contributed by atoms with van der Waals surface area (Å²) < 4.78 is 0. The van der Waals surface area contributed by atoms with E-state index in [1.54, 1.807) is 5.57 Å². The number of hydrogen-bond acceptors (Lipinski definition) is 1. The third kappa shape index (κ3) is 1.84. The fourth-order valence-electron chi connectivity index (χ4n) is 3.90. The Labute approximate surface area is 99.9 Å². The first kappa shape index (κ1) is 12.2. The van der Waals surface area contributed by atoms with Crippen LogP contribution in [0, 0.1) is 17.3 Å². The Morgan fingerprint density at radius 1 is 1.38 bits per heavy atom. The summed E-state index contributed by atoms with van der Waals surface area (Å²) in [5, 5.41) is 10.2. The van der Waals surface area contributed by atoms with Crippen LogP contribution in [0.1, 0.15) is 59.8 Å². The predicted octanol–water partition coefficient (Wildman–Crippen LogP) is 3.92. The number of rotatable bonds is 1. The maximum absolute atomic E-state index is 10.2. The Balaban J connectivity index is 2.22. The first-order valence-electron chi connectivity index (χ1n) is 6.76. The Hall–Kier alpha value is -0.300. The zero-order valence-corrected chi connectivity index (χ0v) is 11.2. The molecule has 0 aromatic heterocycles. The van der Waals surface area contributed by atoms with Gasteiger partial charge in [-0.3, -0.25) is 0 Å². The Bertz CT molecular complexity index is 297. The highest BCUT2D eigenvalue weighted by Crippen LogP contribution is 2.56. The predicted molar refractivity (Wildman–Crippen MR) is 68.2 cm³/mol. The lowest BCUT2D eigenvalue weighted by molar-refractivity contribution is 0.0128. The summed E-state index contributed by atoms with van der Waals surface area (Å²) in [4.78, 5) is 0. The molecule has 1 saturated carbocycles. The molecular formula is C15H26O. The Kier molecular flexibility index (Phi) is 2.94. The van der Waals surface area contributed by atoms with Gasteiger partial charge < -0.3 is 5.11 Å². The van der Waals surface area contributed by atoms with E-state index in [-0.39, 0.29) is 0 Å². The molecule has 0 aromatic rings. The SMILES string of the molecule is CC1=CCC[C@@H](C)[C@@]12CC[C@H](C(C)(C)O)C2. The molecule has 92 valence electrons. The van der Waals surface area contributed by atoms with Gasteiger partial charge >= 0.3 is 0 Å². The van der Waals surface area contributed by atoms with Crippen molar-refractivity contribution in [3.8, 4) is 0 Å². The molecule has 16 heavy (non-hydrogen) atoms. The monoisotopic (exact) mass is 222 g/mol. The molecule has 0 bridgehead atoms. The molecule has 0 unspecified atom stereocenters. The summed E-state index contributed by atoms with van der Waals surface area (Å²) in [6.45, 7) is 8.66. The van der Waals surface area contributed by atoms with Gasteiger partial charge in [0.05, 0.1) is 5.60 Å². The molecule has 0 saturated heterocycles. The van der Waals surface area contributed by atoms with Crippen LogP contribution in [0.3, 0.4) is 0 Å². The van der Waals surface area contributed by atoms with E-state index in [1.807, 2.05) is 13.8 Å². The first-order valence-corrected chi connectivity index (χ1v) is 6.76. The molecule has 1 nitrogen and oxygen atoms in total. The largest absolute Gasteiger partial charge is 0.390 e. The molecule has 0 amide bonds. The first-order chi connectivity index (χ1) is 7.36. The minimum absolute atomic E-state index is 0.420. The smallest absolute Gasteiger partial charge is 0.0620 e. The van der Waals surface area contributed by atoms with Gasteiger partial charge in [-0.15, -0.1) is 0 Å². The third-order valence-corrected chi connectivity index (χ3v) is 5.33. The van der Waals surface area contributed by atoms with Crippen LogP contribution in [0.25, 0.3) is 0 Å². The lowest BCUT2D eigenvalue weighted by Gasteiger charge is -2.41. The molecule has 0 aromatic carbocycles. The van der Waals surface area contributed by atoms with Gasteiger partial charge in [-0.25, -0.2) is 0 Å². The fraction of sp³-hybridized carbons (Fsp3) is 0.867. The van der Waals surface area contributed by atoms with Gasteiger partial charge in [0, 0.05) is 0 Å². The van der Waals surface area contributed by atoms with Gasteiger partial charge in [0.25, 0.3) is 0 Å². The van der Waals surface area contributed by atoms with E-state index in [0.717, 1.165) is 5.92 Å². The van der Waals surface area contributed by atoms with Crippen LogP contribution in [-0.4, -0.2) is 10.7 Å². The van der Waals surface area contributed by atoms with Crippen molar-refractivity contribution in [3.63, 3.8) is 0 Å². The van der Waals surface area contributed by atoms with Crippen molar-refractivity contribution in [2.45, 2.75) is 65.4 Å². The van der Waals surface area contributed by atoms with E-state index in [0.29, 0.717) is 11.3 Å². The Morgan fingerprint density at radius 2 is 2.06 bits per heavy atom. The van der Waals surface area contributed by atoms with Crippen LogP contribution in [0.4, 0.5) is 0 Å². The summed E-state index contributed by atoms with van der Waals surface area (Å²) in [5.74, 6) is 1.28. The van der Waals surface area contributed by atoms with Crippen molar-refractivity contribution in [2.75, 3.05) is 0 Å². The maximum atomic E-state index is 10.2. The summed E-state index contributed by atoms with van der Waals surface area (Å²) in [7, 11) is 0. The second-order valence-electron chi connectivity index (χ2n) is 6.62. The standard InChI is InChI=1S/C15H26O/c1-11-6-5-7-12(2)15(11)9-8-13(10-15)14(3,4)16/h6,12-13,16H,5,7-10H2,1-4H3/t12-,13+,15-/m1/s1. The highest BCUT2D eigenvalue weighted by molar-refractivity contribution is 5.20. The normalized spacial score (nSPS) is 40.2. The molecule has 1 spiro atoms. The van der Waals surface area contributed by atoms with Crippen molar-refractivity contribution < 1.29 is 5.11 Å². The second-order valence-corrected chi connectivity index (χ2v) is 6.62. The van der Waals surface area contributed by atoms with E-state index in [2.05, 4.69) is 19.9 Å². The lowest BCUT2D eigenvalue weighted by atomic mass is 9.64. The van der Waals surface area contributed by atoms with Crippen LogP contribution in [0.2, 0.25) is 0 Å². The maximum Gasteiger partial charge on any atom is 0.0620 e. The van der Waals surface area contributed by atoms with Crippen LogP contribution < -0.4 is 0 Å². The molecular weight excluding hydrogens is 196 g/mol. The fourth-order valence-corrected chi connectivity index (χ4v) is 3.90. The number of aliphatic hydroxyl groups is 1. The number of hydrogen-bond donors (Lipinski definition) is 1. The molecule has 2 aliphatic rings. The lowest BCUT2D eigenvalue weighted by Crippen LogP contribution is -2.34. The highest BCUT2D eigenvalue weighted by Gasteiger charge is 2.48. The van der Waals surface area contributed by atoms with Gasteiger partial charge in [0.2, 0.25) is 0 Å². The van der Waals surface area contributed by atoms with Crippen LogP contribution >= 0.6 is 0 Å². The van der Waals surface area contributed by atoms with Crippen molar-refractivity contribution in [2.24, 2.45) is 17.3 Å². The van der Waals surface area contributed by atoms with Gasteiger partial charge in [-0.2, -0.15) is 0 Å². The van der Waals surface area contributed by atoms with Crippen molar-refractivity contribution in [3.05, 3.63) is 11.6 Å². The molecule has 0 radical (unpaired) electrons. The molecule has 1 N–H and O–H groups in total. The Morgan fingerprint density at radius 3 is 2.56 bits per heavy atom. The third-order valence-electron chi connectivity index (χ3n) is 5.33. The van der Waals surface area contributed by atoms with Gasteiger partial charge in [0.15, 0.2) is 0 Å². The average molecular weight is 222 g/mol. The van der Waals surface area contributed by atoms with Crippen molar-refractivity contribution in [1.29, 1.82) is 0 Å². The zero-order chi connectivity index (χ0) is 12.0. The minimum atomic E-state index is -0.499. The minimum Gasteiger partial charge on any atom is -0.390 e. The molecule has 0 heterocycles. The van der Waals surface area contributed by atoms with Crippen LogP contribution in [0.15, 0.2) is 11.6 Å². The molecule has 3 atom stereocenters. The van der Waals surface area contributed by atoms with E-state index in [9.17, 15) is 5.11 Å². The molecule has 2 rings (SSSR count). The summed E-state index contributed by atoms with van der Waals surface area (Å²) in [6, 6.07) is 0. The number of allylic oxidation sites excluding steroid dienone is 2.